The van der Waals surface area contributed by atoms with Crippen LogP contribution >= 0.6 is 0 Å². The topological polar surface area (TPSA) is 107 Å². The molecule has 6 nitrogen and oxygen atoms in total. The zero-order valence-corrected chi connectivity index (χ0v) is 9.35. The van der Waals surface area contributed by atoms with Crippen LogP contribution in [0, 0.1) is 0 Å². The first-order valence-electron chi connectivity index (χ1n) is 4.72. The quantitative estimate of drug-likeness (QED) is 0.469. The van der Waals surface area contributed by atoms with Crippen molar-refractivity contribution < 1.29 is 30.0 Å². The molecule has 0 aromatic carbocycles. The van der Waals surface area contributed by atoms with Crippen molar-refractivity contribution in [1.82, 2.24) is 0 Å². The molecule has 0 rings (SSSR count). The van der Waals surface area contributed by atoms with Gasteiger partial charge >= 0.3 is 5.97 Å². The normalized spacial score (nSPS) is 8.07. The lowest BCUT2D eigenvalue weighted by atomic mass is 10.5. The Balaban J connectivity index is -0.000000147. The second-order valence-electron chi connectivity index (χ2n) is 2.12. The summed E-state index contributed by atoms with van der Waals surface area (Å²) >= 11 is 0. The third kappa shape index (κ3) is 60.4. The molecule has 0 atom stereocenters. The first-order chi connectivity index (χ1) is 7.10. The number of aliphatic hydroxyl groups is 3. The van der Waals surface area contributed by atoms with Crippen molar-refractivity contribution in [3.63, 3.8) is 0 Å². The number of hydrogen-bond acceptors (Lipinski definition) is 5. The van der Waals surface area contributed by atoms with Gasteiger partial charge in [0.25, 0.3) is 0 Å². The molecule has 15 heavy (non-hydrogen) atoms. The van der Waals surface area contributed by atoms with Gasteiger partial charge in [0.2, 0.25) is 0 Å². The van der Waals surface area contributed by atoms with Crippen molar-refractivity contribution in [2.45, 2.75) is 20.3 Å². The van der Waals surface area contributed by atoms with Crippen LogP contribution in [0.25, 0.3) is 0 Å². The van der Waals surface area contributed by atoms with Crippen molar-refractivity contribution in [3.05, 3.63) is 0 Å². The predicted molar refractivity (Wildman–Crippen MR) is 55.7 cm³/mol. The lowest BCUT2D eigenvalue weighted by molar-refractivity contribution is -0.136. The first kappa shape index (κ1) is 19.8. The molecule has 0 heterocycles. The van der Waals surface area contributed by atoms with Crippen molar-refractivity contribution in [1.29, 1.82) is 0 Å². The standard InChI is InChI=1S/C4H10O2.C3H6O2.C2H6O2/c1-2-6-4-3-5;1-2-3(4)5;3-1-2-4/h5H,2-4H2,1H3;2H2,1H3,(H,4,5);3-4H,1-2H2. The molecule has 0 aromatic heterocycles. The maximum absolute atomic E-state index is 9.37. The van der Waals surface area contributed by atoms with E-state index in [4.69, 9.17) is 25.2 Å². The monoisotopic (exact) mass is 226 g/mol. The number of carboxylic acids is 1. The highest BCUT2D eigenvalue weighted by atomic mass is 16.5. The summed E-state index contributed by atoms with van der Waals surface area (Å²) in [5.41, 5.74) is 0. The van der Waals surface area contributed by atoms with Crippen molar-refractivity contribution in [2.24, 2.45) is 0 Å². The second-order valence-corrected chi connectivity index (χ2v) is 2.12. The SMILES string of the molecule is CCC(=O)O.CCOCCO.OCCO. The summed E-state index contributed by atoms with van der Waals surface area (Å²) in [5, 5.41) is 31.0. The van der Waals surface area contributed by atoms with Crippen LogP contribution in [0.3, 0.4) is 0 Å². The van der Waals surface area contributed by atoms with Gasteiger partial charge in [0.1, 0.15) is 0 Å². The Morgan fingerprint density at radius 3 is 1.53 bits per heavy atom. The first-order valence-corrected chi connectivity index (χ1v) is 4.72. The van der Waals surface area contributed by atoms with Gasteiger partial charge in [-0.05, 0) is 6.92 Å². The van der Waals surface area contributed by atoms with Crippen LogP contribution in [0.15, 0.2) is 0 Å². The third-order valence-corrected chi connectivity index (χ3v) is 0.842. The number of carbonyl (C=O) groups is 1. The smallest absolute Gasteiger partial charge is 0.303 e. The Morgan fingerprint density at radius 1 is 1.07 bits per heavy atom. The lowest BCUT2D eigenvalue weighted by Crippen LogP contribution is -1.96. The van der Waals surface area contributed by atoms with E-state index < -0.39 is 5.97 Å². The van der Waals surface area contributed by atoms with E-state index in [1.165, 1.54) is 0 Å². The number of ether oxygens (including phenoxy) is 1. The molecule has 0 saturated carbocycles. The van der Waals surface area contributed by atoms with Crippen LogP contribution in [0.4, 0.5) is 0 Å². The molecule has 4 N–H and O–H groups in total. The molecular formula is C9H22O6. The molecule has 0 radical (unpaired) electrons. The predicted octanol–water partition coefficient (Wildman–Crippen LogP) is -0.533. The molecule has 0 saturated heterocycles. The number of aliphatic hydroxyl groups excluding tert-OH is 3. The number of hydrogen-bond donors (Lipinski definition) is 4. The minimum absolute atomic E-state index is 0.125. The van der Waals surface area contributed by atoms with Gasteiger partial charge in [0.15, 0.2) is 0 Å². The fourth-order valence-corrected chi connectivity index (χ4v) is 0.209. The largest absolute Gasteiger partial charge is 0.481 e. The molecule has 0 aliphatic rings. The lowest BCUT2D eigenvalue weighted by Gasteiger charge is -1.91. The maximum atomic E-state index is 9.37. The van der Waals surface area contributed by atoms with Gasteiger partial charge in [-0.15, -0.1) is 0 Å². The molecule has 0 bridgehead atoms. The van der Waals surface area contributed by atoms with Gasteiger partial charge in [-0.1, -0.05) is 6.92 Å². The average molecular weight is 226 g/mol. The summed E-state index contributed by atoms with van der Waals surface area (Å²) in [5.74, 6) is -0.745. The van der Waals surface area contributed by atoms with Crippen molar-refractivity contribution in [2.75, 3.05) is 33.0 Å². The zero-order valence-electron chi connectivity index (χ0n) is 9.35. The summed E-state index contributed by atoms with van der Waals surface area (Å²) in [6, 6.07) is 0. The van der Waals surface area contributed by atoms with E-state index in [2.05, 4.69) is 0 Å². The molecule has 94 valence electrons. The van der Waals surface area contributed by atoms with E-state index >= 15 is 0 Å². The highest BCUT2D eigenvalue weighted by Gasteiger charge is 1.80. The highest BCUT2D eigenvalue weighted by Crippen LogP contribution is 1.67. The molecule has 0 aromatic rings. The molecule has 0 aliphatic heterocycles. The van der Waals surface area contributed by atoms with Crippen LogP contribution in [0.2, 0.25) is 0 Å². The molecule has 6 heteroatoms. The number of rotatable bonds is 5. The Labute approximate surface area is 90.1 Å². The van der Waals surface area contributed by atoms with E-state index in [1.54, 1.807) is 6.92 Å². The minimum Gasteiger partial charge on any atom is -0.481 e. The maximum Gasteiger partial charge on any atom is 0.303 e. The Hall–Kier alpha value is -0.690. The Morgan fingerprint density at radius 2 is 1.47 bits per heavy atom. The minimum atomic E-state index is -0.745. The Kier molecular flexibility index (Phi) is 30.7. The van der Waals surface area contributed by atoms with Crippen LogP contribution in [0.5, 0.6) is 0 Å². The van der Waals surface area contributed by atoms with Crippen LogP contribution in [0.1, 0.15) is 20.3 Å². The van der Waals surface area contributed by atoms with Gasteiger partial charge in [-0.3, -0.25) is 4.79 Å². The van der Waals surface area contributed by atoms with E-state index in [-0.39, 0.29) is 26.2 Å². The number of aliphatic carboxylic acids is 1. The fourth-order valence-electron chi connectivity index (χ4n) is 0.209. The van der Waals surface area contributed by atoms with E-state index in [0.29, 0.717) is 13.2 Å². The summed E-state index contributed by atoms with van der Waals surface area (Å²) in [6.07, 6.45) is 0.222. The van der Waals surface area contributed by atoms with Crippen LogP contribution < -0.4 is 0 Å². The van der Waals surface area contributed by atoms with Gasteiger partial charge in [0.05, 0.1) is 26.4 Å². The van der Waals surface area contributed by atoms with Gasteiger partial charge in [0, 0.05) is 13.0 Å². The summed E-state index contributed by atoms with van der Waals surface area (Å²) < 4.78 is 4.73. The van der Waals surface area contributed by atoms with Crippen LogP contribution in [-0.2, 0) is 9.53 Å². The summed E-state index contributed by atoms with van der Waals surface area (Å²) in [4.78, 5) is 9.37. The second kappa shape index (κ2) is 23.3. The van der Waals surface area contributed by atoms with Gasteiger partial charge in [-0.25, -0.2) is 0 Å². The van der Waals surface area contributed by atoms with E-state index in [1.807, 2.05) is 6.92 Å². The van der Waals surface area contributed by atoms with Gasteiger partial charge < -0.3 is 25.2 Å². The molecule has 0 amide bonds. The van der Waals surface area contributed by atoms with Crippen molar-refractivity contribution >= 4 is 5.97 Å². The number of carboxylic acid groups (broad SMARTS) is 1. The van der Waals surface area contributed by atoms with E-state index in [9.17, 15) is 4.79 Å². The highest BCUT2D eigenvalue weighted by molar-refractivity contribution is 5.66. The van der Waals surface area contributed by atoms with E-state index in [0.717, 1.165) is 0 Å². The molecule has 0 spiro atoms. The molecule has 0 fully saturated rings. The summed E-state index contributed by atoms with van der Waals surface area (Å²) in [6.45, 7) is 4.54. The summed E-state index contributed by atoms with van der Waals surface area (Å²) in [7, 11) is 0. The zero-order chi connectivity index (χ0) is 12.5. The van der Waals surface area contributed by atoms with Gasteiger partial charge in [-0.2, -0.15) is 0 Å². The third-order valence-electron chi connectivity index (χ3n) is 0.842. The fraction of sp³-hybridized carbons (Fsp3) is 0.889. The average Bonchev–Trinajstić information content (AvgIpc) is 2.27. The van der Waals surface area contributed by atoms with Crippen LogP contribution in [-0.4, -0.2) is 59.4 Å². The molecular weight excluding hydrogens is 204 g/mol. The van der Waals surface area contributed by atoms with Crippen molar-refractivity contribution in [3.8, 4) is 0 Å². The molecule has 0 aliphatic carbocycles. The Bertz CT molecular complexity index is 101. The molecule has 0 unspecified atom stereocenters.